The highest BCUT2D eigenvalue weighted by Crippen LogP contribution is 2.31. The van der Waals surface area contributed by atoms with Crippen LogP contribution in [0, 0.1) is 27.7 Å². The molecule has 0 aliphatic carbocycles. The van der Waals surface area contributed by atoms with Crippen molar-refractivity contribution in [3.63, 3.8) is 0 Å². The smallest absolute Gasteiger partial charge is 0.301 e. The third kappa shape index (κ3) is 9.67. The van der Waals surface area contributed by atoms with E-state index in [1.165, 1.54) is 23.5 Å². The van der Waals surface area contributed by atoms with Crippen LogP contribution >= 0.6 is 46.7 Å². The monoisotopic (exact) mass is 710 g/mol. The quantitative estimate of drug-likeness (QED) is 0.143. The van der Waals surface area contributed by atoms with Gasteiger partial charge in [-0.2, -0.15) is 0 Å². The van der Waals surface area contributed by atoms with Crippen LogP contribution in [0.15, 0.2) is 93.6 Å². The molecule has 5 rings (SSSR count). The highest BCUT2D eigenvalue weighted by Gasteiger charge is 2.16. The average Bonchev–Trinajstić information content (AvgIpc) is 2.94. The van der Waals surface area contributed by atoms with E-state index in [9.17, 15) is 19.2 Å². The Morgan fingerprint density at radius 3 is 1.62 bits per heavy atom. The van der Waals surface area contributed by atoms with E-state index in [2.05, 4.69) is 27.1 Å². The maximum atomic E-state index is 12.7. The van der Waals surface area contributed by atoms with Crippen molar-refractivity contribution in [3.8, 4) is 0 Å². The number of halogens is 2. The maximum absolute atomic E-state index is 12.7. The number of hydrogen-bond donors (Lipinski definition) is 3. The van der Waals surface area contributed by atoms with Crippen LogP contribution in [-0.4, -0.2) is 19.5 Å². The lowest BCUT2D eigenvalue weighted by atomic mass is 10.2. The van der Waals surface area contributed by atoms with E-state index in [1.54, 1.807) is 22.8 Å². The molecular formula is C35H36Cl2N4O4S2. The predicted molar refractivity (Wildman–Crippen MR) is 193 cm³/mol. The molecule has 0 saturated carbocycles. The number of nitrogens with zero attached hydrogens (tertiary/aromatic N) is 1. The summed E-state index contributed by atoms with van der Waals surface area (Å²) in [6.07, 6.45) is 1.10. The molecule has 8 nitrogen and oxygen atoms in total. The summed E-state index contributed by atoms with van der Waals surface area (Å²) in [6.45, 7) is 12.2. The van der Waals surface area contributed by atoms with Gasteiger partial charge in [-0.25, -0.2) is 9.59 Å². The minimum Gasteiger partial charge on any atom is -0.301 e. The van der Waals surface area contributed by atoms with Gasteiger partial charge in [0.25, 0.3) is 11.1 Å². The lowest BCUT2D eigenvalue weighted by Crippen LogP contribution is -2.34. The van der Waals surface area contributed by atoms with Gasteiger partial charge in [0, 0.05) is 31.0 Å². The van der Waals surface area contributed by atoms with Gasteiger partial charge in [-0.15, -0.1) is 0 Å². The lowest BCUT2D eigenvalue weighted by Gasteiger charge is -2.16. The fourth-order valence-electron chi connectivity index (χ4n) is 5.16. The molecule has 0 fully saturated rings. The third-order valence-electron chi connectivity index (χ3n) is 7.04. The average molecular weight is 712 g/mol. The van der Waals surface area contributed by atoms with Crippen molar-refractivity contribution < 1.29 is 0 Å². The van der Waals surface area contributed by atoms with E-state index in [-0.39, 0.29) is 17.7 Å². The zero-order valence-corrected chi connectivity index (χ0v) is 30.1. The second kappa shape index (κ2) is 15.9. The zero-order valence-electron chi connectivity index (χ0n) is 27.0. The SMILES string of the molecule is CCc1c(Sc2cc(C)cc(C)c2)[nH]c(=O)[nH]c1=O.CCc1c(Sc2cc(C)cc(C)c2)n(Cc2cc(Cl)cc(Cl)c2)c(=O)[nH]c1=O. The van der Waals surface area contributed by atoms with E-state index in [0.717, 1.165) is 37.6 Å². The van der Waals surface area contributed by atoms with Crippen LogP contribution in [0.4, 0.5) is 0 Å². The highest BCUT2D eigenvalue weighted by atomic mass is 35.5. The van der Waals surface area contributed by atoms with Gasteiger partial charge in [-0.3, -0.25) is 24.1 Å². The second-order valence-electron chi connectivity index (χ2n) is 11.2. The van der Waals surface area contributed by atoms with Crippen LogP contribution in [0.2, 0.25) is 10.0 Å². The topological polar surface area (TPSA) is 121 Å². The Labute approximate surface area is 291 Å². The summed E-state index contributed by atoms with van der Waals surface area (Å²) in [4.78, 5) is 57.6. The Bertz CT molecular complexity index is 2110. The number of aromatic amines is 3. The van der Waals surface area contributed by atoms with Crippen LogP contribution in [0.25, 0.3) is 0 Å². The molecule has 0 aliphatic heterocycles. The molecule has 2 aromatic heterocycles. The van der Waals surface area contributed by atoms with Crippen molar-refractivity contribution in [2.75, 3.05) is 0 Å². The highest BCUT2D eigenvalue weighted by molar-refractivity contribution is 7.99. The first-order valence-electron chi connectivity index (χ1n) is 14.9. The van der Waals surface area contributed by atoms with E-state index >= 15 is 0 Å². The molecule has 3 N–H and O–H groups in total. The minimum absolute atomic E-state index is 0.260. The molecule has 0 unspecified atom stereocenters. The van der Waals surface area contributed by atoms with Crippen LogP contribution in [0.5, 0.6) is 0 Å². The molecule has 0 radical (unpaired) electrons. The summed E-state index contributed by atoms with van der Waals surface area (Å²) in [5.74, 6) is 0. The van der Waals surface area contributed by atoms with Crippen molar-refractivity contribution in [2.45, 2.75) is 80.8 Å². The van der Waals surface area contributed by atoms with Gasteiger partial charge in [0.2, 0.25) is 0 Å². The number of nitrogens with one attached hydrogen (secondary N) is 3. The standard InChI is InChI=1S/C21H20Cl2N2O2S.C14H16N2O2S/c1-4-18-19(26)24-21(27)25(11-14-8-15(22)10-16(23)9-14)20(18)28-17-6-12(2)5-13(3)7-17;1-4-11-12(17)15-14(18)16-13(11)19-10-6-8(2)5-9(3)7-10/h5-10H,4,11H2,1-3H3,(H,24,26,27);5-7H,4H2,1-3H3,(H2,15,16,17,18). The molecule has 47 heavy (non-hydrogen) atoms. The summed E-state index contributed by atoms with van der Waals surface area (Å²) < 4.78 is 1.57. The van der Waals surface area contributed by atoms with Crippen molar-refractivity contribution in [1.82, 2.24) is 19.5 Å². The Morgan fingerprint density at radius 1 is 0.617 bits per heavy atom. The van der Waals surface area contributed by atoms with Crippen LogP contribution in [-0.2, 0) is 19.4 Å². The molecule has 12 heteroatoms. The molecule has 0 amide bonds. The minimum atomic E-state index is -0.464. The molecule has 0 atom stereocenters. The first-order valence-corrected chi connectivity index (χ1v) is 17.3. The molecule has 5 aromatic rings. The zero-order chi connectivity index (χ0) is 34.4. The summed E-state index contributed by atoms with van der Waals surface area (Å²) in [7, 11) is 0. The Hall–Kier alpha value is -3.70. The van der Waals surface area contributed by atoms with Gasteiger partial charge in [-0.1, -0.05) is 72.7 Å². The van der Waals surface area contributed by atoms with Crippen molar-refractivity contribution >= 4 is 46.7 Å². The molecule has 0 bridgehead atoms. The van der Waals surface area contributed by atoms with E-state index in [4.69, 9.17) is 23.2 Å². The Kier molecular flexibility index (Phi) is 12.2. The van der Waals surface area contributed by atoms with Crippen molar-refractivity contribution in [2.24, 2.45) is 0 Å². The van der Waals surface area contributed by atoms with Gasteiger partial charge < -0.3 is 4.98 Å². The Morgan fingerprint density at radius 2 is 1.11 bits per heavy atom. The van der Waals surface area contributed by atoms with E-state index < -0.39 is 11.4 Å². The van der Waals surface area contributed by atoms with E-state index in [0.29, 0.717) is 44.1 Å². The predicted octanol–water partition coefficient (Wildman–Crippen LogP) is 7.62. The molecule has 0 spiro atoms. The summed E-state index contributed by atoms with van der Waals surface area (Å²) >= 11 is 15.1. The third-order valence-corrected chi connectivity index (χ3v) is 9.63. The normalized spacial score (nSPS) is 10.9. The van der Waals surface area contributed by atoms with Gasteiger partial charge in [0.05, 0.1) is 16.6 Å². The Balaban J connectivity index is 0.000000229. The number of aryl methyl sites for hydroxylation is 4. The maximum Gasteiger partial charge on any atom is 0.329 e. The molecule has 2 heterocycles. The van der Waals surface area contributed by atoms with Gasteiger partial charge in [0.15, 0.2) is 0 Å². The largest absolute Gasteiger partial charge is 0.329 e. The second-order valence-corrected chi connectivity index (χ2v) is 14.2. The van der Waals surface area contributed by atoms with Crippen molar-refractivity contribution in [3.05, 3.63) is 145 Å². The lowest BCUT2D eigenvalue weighted by molar-refractivity contribution is 0.634. The molecule has 246 valence electrons. The summed E-state index contributed by atoms with van der Waals surface area (Å²) in [5.41, 5.74) is 4.98. The summed E-state index contributed by atoms with van der Waals surface area (Å²) in [6, 6.07) is 17.5. The van der Waals surface area contributed by atoms with E-state index in [1.807, 2.05) is 65.8 Å². The van der Waals surface area contributed by atoms with Gasteiger partial charge >= 0.3 is 11.4 Å². The summed E-state index contributed by atoms with van der Waals surface area (Å²) in [5, 5.41) is 2.26. The molecule has 0 aliphatic rings. The number of H-pyrrole nitrogens is 3. The van der Waals surface area contributed by atoms with Crippen molar-refractivity contribution in [1.29, 1.82) is 0 Å². The molecule has 3 aromatic carbocycles. The number of benzene rings is 3. The van der Waals surface area contributed by atoms with Gasteiger partial charge in [0.1, 0.15) is 0 Å². The van der Waals surface area contributed by atoms with Crippen LogP contribution < -0.4 is 22.5 Å². The fraction of sp³-hybridized carbons (Fsp3) is 0.257. The molecule has 0 saturated heterocycles. The van der Waals surface area contributed by atoms with Crippen LogP contribution in [0.1, 0.15) is 52.8 Å². The number of hydrogen-bond acceptors (Lipinski definition) is 6. The van der Waals surface area contributed by atoms with Gasteiger partial charge in [-0.05, 0) is 111 Å². The first-order chi connectivity index (χ1) is 22.3. The number of rotatable bonds is 8. The van der Waals surface area contributed by atoms with Crippen LogP contribution in [0.3, 0.4) is 0 Å². The fourth-order valence-corrected chi connectivity index (χ4v) is 8.29. The first kappa shape index (κ1) is 36.1. The molecular weight excluding hydrogens is 675 g/mol. The number of aromatic nitrogens is 4.